The van der Waals surface area contributed by atoms with Gasteiger partial charge in [-0.15, -0.1) is 0 Å². The molecule has 1 heterocycles. The quantitative estimate of drug-likeness (QED) is 0.651. The minimum absolute atomic E-state index is 0.290. The number of carbonyl (C=O) groups is 1. The zero-order valence-electron chi connectivity index (χ0n) is 6.65. The van der Waals surface area contributed by atoms with E-state index in [-0.39, 0.29) is 5.91 Å². The monoisotopic (exact) mass is 167 g/mol. The average Bonchev–Trinajstić information content (AvgIpc) is 2.15. The number of hydrogen-bond acceptors (Lipinski definition) is 4. The molecule has 64 valence electrons. The van der Waals surface area contributed by atoms with Crippen molar-refractivity contribution in [1.82, 2.24) is 15.4 Å². The molecule has 1 amide bonds. The lowest BCUT2D eigenvalue weighted by Crippen LogP contribution is -2.24. The standard InChI is InChI=1S/C7H9N3O2/c1-2-12-10-7(11)6-3-4-8-5-9-6/h3-5H,2H2,1H3,(H,10,11). The van der Waals surface area contributed by atoms with Crippen LogP contribution in [0.2, 0.25) is 0 Å². The number of amides is 1. The Morgan fingerprint density at radius 3 is 3.17 bits per heavy atom. The van der Waals surface area contributed by atoms with E-state index >= 15 is 0 Å². The Balaban J connectivity index is 2.54. The lowest BCUT2D eigenvalue weighted by molar-refractivity contribution is 0.0360. The zero-order valence-corrected chi connectivity index (χ0v) is 6.65. The van der Waals surface area contributed by atoms with Crippen molar-refractivity contribution < 1.29 is 9.63 Å². The Morgan fingerprint density at radius 1 is 1.75 bits per heavy atom. The van der Waals surface area contributed by atoms with E-state index in [1.165, 1.54) is 18.6 Å². The molecular weight excluding hydrogens is 158 g/mol. The minimum Gasteiger partial charge on any atom is -0.274 e. The summed E-state index contributed by atoms with van der Waals surface area (Å²) in [7, 11) is 0. The first-order valence-electron chi connectivity index (χ1n) is 3.52. The molecule has 0 aliphatic carbocycles. The maximum atomic E-state index is 11.1. The SMILES string of the molecule is CCONC(=O)c1ccncn1. The van der Waals surface area contributed by atoms with Crippen LogP contribution in [0.5, 0.6) is 0 Å². The number of nitrogens with zero attached hydrogens (tertiary/aromatic N) is 2. The highest BCUT2D eigenvalue weighted by molar-refractivity contribution is 5.91. The van der Waals surface area contributed by atoms with Gasteiger partial charge in [0.2, 0.25) is 0 Å². The number of hydrogen-bond donors (Lipinski definition) is 1. The molecule has 5 heteroatoms. The highest BCUT2D eigenvalue weighted by Gasteiger charge is 2.04. The summed E-state index contributed by atoms with van der Waals surface area (Å²) in [5.74, 6) is -0.362. The van der Waals surface area contributed by atoms with Crippen LogP contribution in [0.1, 0.15) is 17.4 Å². The van der Waals surface area contributed by atoms with E-state index in [0.717, 1.165) is 0 Å². The number of rotatable bonds is 3. The summed E-state index contributed by atoms with van der Waals surface area (Å²) in [5, 5.41) is 0. The summed E-state index contributed by atoms with van der Waals surface area (Å²) in [6, 6.07) is 1.51. The van der Waals surface area contributed by atoms with E-state index in [9.17, 15) is 4.79 Å². The van der Waals surface area contributed by atoms with Gasteiger partial charge in [-0.05, 0) is 13.0 Å². The molecule has 0 fully saturated rings. The van der Waals surface area contributed by atoms with E-state index in [2.05, 4.69) is 20.3 Å². The predicted octanol–water partition coefficient (Wildman–Crippen LogP) is 0.158. The van der Waals surface area contributed by atoms with Crippen molar-refractivity contribution in [2.24, 2.45) is 0 Å². The summed E-state index contributed by atoms with van der Waals surface area (Å²) < 4.78 is 0. The summed E-state index contributed by atoms with van der Waals surface area (Å²) in [4.78, 5) is 23.2. The minimum atomic E-state index is -0.362. The van der Waals surface area contributed by atoms with Crippen LogP contribution < -0.4 is 5.48 Å². The van der Waals surface area contributed by atoms with Gasteiger partial charge < -0.3 is 0 Å². The van der Waals surface area contributed by atoms with Crippen LogP contribution in [0.15, 0.2) is 18.6 Å². The van der Waals surface area contributed by atoms with E-state index < -0.39 is 0 Å². The summed E-state index contributed by atoms with van der Waals surface area (Å²) >= 11 is 0. The van der Waals surface area contributed by atoms with Gasteiger partial charge in [-0.2, -0.15) is 0 Å². The van der Waals surface area contributed by atoms with Crippen LogP contribution in [0, 0.1) is 0 Å². The molecule has 5 nitrogen and oxygen atoms in total. The van der Waals surface area contributed by atoms with Crippen molar-refractivity contribution in [2.45, 2.75) is 6.92 Å². The van der Waals surface area contributed by atoms with Gasteiger partial charge in [0.05, 0.1) is 6.61 Å². The first-order valence-corrected chi connectivity index (χ1v) is 3.52. The van der Waals surface area contributed by atoms with Crippen molar-refractivity contribution in [3.8, 4) is 0 Å². The predicted molar refractivity (Wildman–Crippen MR) is 41.1 cm³/mol. The van der Waals surface area contributed by atoms with E-state index in [1.54, 1.807) is 6.92 Å². The fourth-order valence-corrected chi connectivity index (χ4v) is 0.615. The van der Waals surface area contributed by atoms with Crippen LogP contribution in [-0.4, -0.2) is 22.5 Å². The Bertz CT molecular complexity index is 250. The molecule has 12 heavy (non-hydrogen) atoms. The van der Waals surface area contributed by atoms with Gasteiger partial charge in [0, 0.05) is 6.20 Å². The second kappa shape index (κ2) is 4.40. The van der Waals surface area contributed by atoms with Crippen LogP contribution >= 0.6 is 0 Å². The van der Waals surface area contributed by atoms with Gasteiger partial charge in [0.1, 0.15) is 12.0 Å². The third kappa shape index (κ3) is 2.28. The van der Waals surface area contributed by atoms with Gasteiger partial charge in [0.15, 0.2) is 0 Å². The Morgan fingerprint density at radius 2 is 2.58 bits per heavy atom. The molecule has 1 rings (SSSR count). The van der Waals surface area contributed by atoms with Gasteiger partial charge in [-0.1, -0.05) is 0 Å². The molecule has 1 aromatic rings. The average molecular weight is 167 g/mol. The third-order valence-corrected chi connectivity index (χ3v) is 1.12. The second-order valence-corrected chi connectivity index (χ2v) is 1.96. The number of hydroxylamine groups is 1. The van der Waals surface area contributed by atoms with E-state index in [0.29, 0.717) is 12.3 Å². The molecule has 1 aromatic heterocycles. The van der Waals surface area contributed by atoms with Crippen LogP contribution in [0.3, 0.4) is 0 Å². The summed E-state index contributed by atoms with van der Waals surface area (Å²) in [5.41, 5.74) is 2.51. The molecule has 0 radical (unpaired) electrons. The molecule has 1 N–H and O–H groups in total. The van der Waals surface area contributed by atoms with Crippen LogP contribution in [-0.2, 0) is 4.84 Å². The largest absolute Gasteiger partial charge is 0.293 e. The molecule has 0 spiro atoms. The summed E-state index contributed by atoms with van der Waals surface area (Å²) in [6.07, 6.45) is 2.80. The number of carbonyl (C=O) groups excluding carboxylic acids is 1. The Kier molecular flexibility index (Phi) is 3.16. The first kappa shape index (κ1) is 8.61. The van der Waals surface area contributed by atoms with E-state index in [1.807, 2.05) is 0 Å². The van der Waals surface area contributed by atoms with Gasteiger partial charge in [0.25, 0.3) is 5.91 Å². The molecule has 0 unspecified atom stereocenters. The maximum Gasteiger partial charge on any atom is 0.293 e. The highest BCUT2D eigenvalue weighted by Crippen LogP contribution is 1.89. The molecule has 0 aliphatic heterocycles. The van der Waals surface area contributed by atoms with E-state index in [4.69, 9.17) is 0 Å². The molecule has 0 saturated heterocycles. The lowest BCUT2D eigenvalue weighted by Gasteiger charge is -2.01. The molecular formula is C7H9N3O2. The molecule has 0 saturated carbocycles. The fourth-order valence-electron chi connectivity index (χ4n) is 0.615. The van der Waals surface area contributed by atoms with Crippen molar-refractivity contribution in [1.29, 1.82) is 0 Å². The Labute approximate surface area is 69.7 Å². The highest BCUT2D eigenvalue weighted by atomic mass is 16.6. The molecule has 0 aliphatic rings. The smallest absolute Gasteiger partial charge is 0.274 e. The number of nitrogens with one attached hydrogen (secondary N) is 1. The Hall–Kier alpha value is -1.49. The van der Waals surface area contributed by atoms with Gasteiger partial charge in [-0.25, -0.2) is 15.4 Å². The van der Waals surface area contributed by atoms with Crippen molar-refractivity contribution in [2.75, 3.05) is 6.61 Å². The van der Waals surface area contributed by atoms with Gasteiger partial charge in [-0.3, -0.25) is 9.63 Å². The topological polar surface area (TPSA) is 64.1 Å². The maximum absolute atomic E-state index is 11.1. The first-order chi connectivity index (χ1) is 5.84. The normalized spacial score (nSPS) is 9.42. The zero-order chi connectivity index (χ0) is 8.81. The number of aromatic nitrogens is 2. The fraction of sp³-hybridized carbons (Fsp3) is 0.286. The molecule has 0 aromatic carbocycles. The second-order valence-electron chi connectivity index (χ2n) is 1.96. The van der Waals surface area contributed by atoms with Crippen LogP contribution in [0.4, 0.5) is 0 Å². The van der Waals surface area contributed by atoms with Crippen molar-refractivity contribution in [3.05, 3.63) is 24.3 Å². The third-order valence-electron chi connectivity index (χ3n) is 1.12. The molecule has 0 atom stereocenters. The molecule has 0 bridgehead atoms. The summed E-state index contributed by atoms with van der Waals surface area (Å²) in [6.45, 7) is 2.21. The van der Waals surface area contributed by atoms with Crippen molar-refractivity contribution >= 4 is 5.91 Å². The van der Waals surface area contributed by atoms with Gasteiger partial charge >= 0.3 is 0 Å². The van der Waals surface area contributed by atoms with Crippen LogP contribution in [0.25, 0.3) is 0 Å². The van der Waals surface area contributed by atoms with Crippen molar-refractivity contribution in [3.63, 3.8) is 0 Å². The lowest BCUT2D eigenvalue weighted by atomic mass is 10.4.